The maximum Gasteiger partial charge on any atom is 0.301 e. The van der Waals surface area contributed by atoms with Crippen molar-refractivity contribution >= 4 is 22.0 Å². The van der Waals surface area contributed by atoms with Crippen LogP contribution in [0.1, 0.15) is 91.9 Å². The Balaban J connectivity index is 3.49. The third kappa shape index (κ3) is 23.9. The minimum absolute atomic E-state index is 0.00337. The number of carbonyl (C=O) groups excluding carboxylic acids is 2. The van der Waals surface area contributed by atoms with Crippen molar-refractivity contribution in [3.05, 3.63) is 0 Å². The highest BCUT2D eigenvalue weighted by atomic mass is 32.2. The van der Waals surface area contributed by atoms with Crippen LogP contribution in [0.15, 0.2) is 0 Å². The second-order valence-corrected chi connectivity index (χ2v) is 11.0. The van der Waals surface area contributed by atoms with Gasteiger partial charge in [-0.1, -0.05) is 40.5 Å². The van der Waals surface area contributed by atoms with E-state index >= 15 is 0 Å². The van der Waals surface area contributed by atoms with Crippen molar-refractivity contribution in [2.45, 2.75) is 91.9 Å². The van der Waals surface area contributed by atoms with Gasteiger partial charge in [0.15, 0.2) is 0 Å². The maximum absolute atomic E-state index is 11.8. The van der Waals surface area contributed by atoms with Crippen LogP contribution in [0.25, 0.3) is 0 Å². The smallest absolute Gasteiger partial charge is 0.301 e. The Morgan fingerprint density at radius 1 is 0.676 bits per heavy atom. The highest BCUT2D eigenvalue weighted by Gasteiger charge is 2.14. The summed E-state index contributed by atoms with van der Waals surface area (Å²) in [6.45, 7) is 11.8. The van der Waals surface area contributed by atoms with E-state index in [2.05, 4.69) is 23.9 Å². The molecule has 0 atom stereocenters. The molecule has 0 aromatic heterocycles. The first-order chi connectivity index (χ1) is 16.1. The summed E-state index contributed by atoms with van der Waals surface area (Å²) in [5, 5.41) is 2.73. The van der Waals surface area contributed by atoms with E-state index in [9.17, 15) is 18.0 Å². The van der Waals surface area contributed by atoms with Gasteiger partial charge in [0, 0.05) is 52.4 Å². The van der Waals surface area contributed by atoms with E-state index in [4.69, 9.17) is 9.47 Å². The maximum atomic E-state index is 11.8. The van der Waals surface area contributed by atoms with E-state index in [0.717, 1.165) is 51.2 Å². The number of ether oxygens (including phenoxy) is 2. The Labute approximate surface area is 207 Å². The molecule has 202 valence electrons. The van der Waals surface area contributed by atoms with E-state index in [1.165, 1.54) is 6.42 Å². The molecule has 0 spiro atoms. The van der Waals surface area contributed by atoms with Crippen LogP contribution in [0, 0.1) is 11.8 Å². The Hall–Kier alpha value is -1.23. The molecule has 0 rings (SSSR count). The average Bonchev–Trinajstić information content (AvgIpc) is 2.74. The second-order valence-electron chi connectivity index (χ2n) is 9.48. The Bertz CT molecular complexity index is 626. The molecule has 0 saturated carbocycles. The molecule has 0 saturated heterocycles. The second kappa shape index (κ2) is 21.1. The highest BCUT2D eigenvalue weighted by molar-refractivity contribution is 7.88. The number of rotatable bonds is 23. The van der Waals surface area contributed by atoms with E-state index in [0.29, 0.717) is 38.5 Å². The Morgan fingerprint density at radius 3 is 1.82 bits per heavy atom. The van der Waals surface area contributed by atoms with Crippen LogP contribution in [0.4, 0.5) is 0 Å². The third-order valence-corrected chi connectivity index (χ3v) is 6.11. The molecule has 3 N–H and O–H groups in total. The largest absolute Gasteiger partial charge is 0.381 e. The molecule has 2 amide bonds. The molecule has 0 aromatic rings. The molecule has 0 aromatic carbocycles. The van der Waals surface area contributed by atoms with Gasteiger partial charge in [0.2, 0.25) is 11.8 Å². The van der Waals surface area contributed by atoms with Crippen LogP contribution in [0.5, 0.6) is 0 Å². The predicted molar refractivity (Wildman–Crippen MR) is 136 cm³/mol. The average molecular weight is 508 g/mol. The summed E-state index contributed by atoms with van der Waals surface area (Å²) in [5.74, 6) is 0.261. The molecule has 0 fully saturated rings. The van der Waals surface area contributed by atoms with Crippen molar-refractivity contribution in [2.75, 3.05) is 39.5 Å². The molecule has 0 bridgehead atoms. The van der Waals surface area contributed by atoms with Crippen LogP contribution in [-0.2, 0) is 29.3 Å². The first-order valence-electron chi connectivity index (χ1n) is 12.8. The first kappa shape index (κ1) is 32.8. The summed E-state index contributed by atoms with van der Waals surface area (Å²) < 4.78 is 39.0. The van der Waals surface area contributed by atoms with Crippen molar-refractivity contribution in [1.29, 1.82) is 0 Å². The van der Waals surface area contributed by atoms with Gasteiger partial charge < -0.3 is 14.8 Å². The molecule has 0 aliphatic rings. The number of unbranched alkanes of at least 4 members (excludes halogenated alkanes) is 3. The van der Waals surface area contributed by atoms with Crippen LogP contribution in [-0.4, -0.2) is 59.7 Å². The fourth-order valence-corrected chi connectivity index (χ4v) is 3.85. The van der Waals surface area contributed by atoms with Gasteiger partial charge in [0.1, 0.15) is 0 Å². The molecule has 0 radical (unpaired) electrons. The van der Waals surface area contributed by atoms with Gasteiger partial charge in [-0.25, -0.2) is 4.72 Å². The molecule has 10 heteroatoms. The lowest BCUT2D eigenvalue weighted by Gasteiger charge is -2.09. The fourth-order valence-electron chi connectivity index (χ4n) is 3.01. The zero-order valence-corrected chi connectivity index (χ0v) is 22.6. The number of nitrogens with one attached hydrogen (secondary N) is 3. The topological polar surface area (TPSA) is 123 Å². The monoisotopic (exact) mass is 507 g/mol. The van der Waals surface area contributed by atoms with Gasteiger partial charge in [0.05, 0.1) is 0 Å². The van der Waals surface area contributed by atoms with Crippen molar-refractivity contribution in [3.8, 4) is 0 Å². The fraction of sp³-hybridized carbons (Fsp3) is 0.917. The standard InChI is InChI=1S/C24H49N3O6S/c1-21(2)11-9-19-32-17-7-5-6-8-18-33-20-10-15-25-23(28)14-16-26-34(30,31)27-24(29)13-12-22(3)4/h21-22,26H,5-20H2,1-4H3,(H,25,28)(H,27,29). The Kier molecular flexibility index (Phi) is 20.3. The van der Waals surface area contributed by atoms with E-state index in [-0.39, 0.29) is 25.3 Å². The number of hydrogen-bond donors (Lipinski definition) is 3. The van der Waals surface area contributed by atoms with E-state index in [1.54, 1.807) is 0 Å². The minimum Gasteiger partial charge on any atom is -0.381 e. The first-order valence-corrected chi connectivity index (χ1v) is 14.3. The minimum atomic E-state index is -3.93. The molecular formula is C24H49N3O6S. The summed E-state index contributed by atoms with van der Waals surface area (Å²) in [5.41, 5.74) is 0. The van der Waals surface area contributed by atoms with Crippen molar-refractivity contribution in [1.82, 2.24) is 14.8 Å². The summed E-state index contributed by atoms with van der Waals surface area (Å²) in [4.78, 5) is 23.4. The van der Waals surface area contributed by atoms with Gasteiger partial charge in [-0.05, 0) is 50.4 Å². The van der Waals surface area contributed by atoms with Crippen molar-refractivity contribution < 1.29 is 27.5 Å². The molecule has 0 unspecified atom stereocenters. The van der Waals surface area contributed by atoms with Gasteiger partial charge in [0.25, 0.3) is 0 Å². The molecule has 9 nitrogen and oxygen atoms in total. The quantitative estimate of drug-likeness (QED) is 0.182. The summed E-state index contributed by atoms with van der Waals surface area (Å²) in [6.07, 6.45) is 8.22. The molecule has 0 aliphatic carbocycles. The van der Waals surface area contributed by atoms with Gasteiger partial charge in [-0.2, -0.15) is 13.1 Å². The Morgan fingerprint density at radius 2 is 1.24 bits per heavy atom. The molecular weight excluding hydrogens is 458 g/mol. The number of carbonyl (C=O) groups is 2. The zero-order valence-electron chi connectivity index (χ0n) is 21.8. The van der Waals surface area contributed by atoms with E-state index in [1.807, 2.05) is 18.6 Å². The molecule has 0 aliphatic heterocycles. The van der Waals surface area contributed by atoms with Crippen LogP contribution >= 0.6 is 0 Å². The highest BCUT2D eigenvalue weighted by Crippen LogP contribution is 2.05. The molecule has 0 heterocycles. The normalized spacial score (nSPS) is 11.8. The van der Waals surface area contributed by atoms with Gasteiger partial charge in [-0.15, -0.1) is 0 Å². The van der Waals surface area contributed by atoms with E-state index < -0.39 is 16.1 Å². The SMILES string of the molecule is CC(C)CCCOCCCCCCOCCCNC(=O)CCNS(=O)(=O)NC(=O)CCC(C)C. The summed E-state index contributed by atoms with van der Waals surface area (Å²) >= 11 is 0. The number of hydrogen-bond acceptors (Lipinski definition) is 6. The van der Waals surface area contributed by atoms with Crippen LogP contribution < -0.4 is 14.8 Å². The van der Waals surface area contributed by atoms with Crippen molar-refractivity contribution in [3.63, 3.8) is 0 Å². The summed E-state index contributed by atoms with van der Waals surface area (Å²) in [7, 11) is -3.93. The van der Waals surface area contributed by atoms with Crippen molar-refractivity contribution in [2.24, 2.45) is 11.8 Å². The predicted octanol–water partition coefficient (Wildman–Crippen LogP) is 3.30. The lowest BCUT2D eigenvalue weighted by molar-refractivity contribution is -0.121. The third-order valence-electron chi connectivity index (χ3n) is 5.03. The lowest BCUT2D eigenvalue weighted by atomic mass is 10.1. The summed E-state index contributed by atoms with van der Waals surface area (Å²) in [6, 6.07) is 0. The number of amides is 2. The van der Waals surface area contributed by atoms with Crippen LogP contribution in [0.2, 0.25) is 0 Å². The zero-order chi connectivity index (χ0) is 25.7. The van der Waals surface area contributed by atoms with Crippen LogP contribution in [0.3, 0.4) is 0 Å². The van der Waals surface area contributed by atoms with Gasteiger partial charge in [-0.3, -0.25) is 9.59 Å². The van der Waals surface area contributed by atoms with Gasteiger partial charge >= 0.3 is 10.2 Å². The molecule has 34 heavy (non-hydrogen) atoms. The lowest BCUT2D eigenvalue weighted by Crippen LogP contribution is -2.41.